The molecule has 5 nitrogen and oxygen atoms in total. The van der Waals surface area contributed by atoms with E-state index < -0.39 is 11.9 Å². The van der Waals surface area contributed by atoms with E-state index in [1.165, 1.54) is 5.56 Å². The van der Waals surface area contributed by atoms with Crippen LogP contribution < -0.4 is 0 Å². The maximum Gasteiger partial charge on any atom is 0.434 e. The smallest absolute Gasteiger partial charge is 0.380 e. The summed E-state index contributed by atoms with van der Waals surface area (Å²) < 4.78 is 44.5. The van der Waals surface area contributed by atoms with Crippen LogP contribution in [0.5, 0.6) is 0 Å². The van der Waals surface area contributed by atoms with Crippen molar-refractivity contribution in [3.8, 4) is 10.6 Å². The molecule has 0 radical (unpaired) electrons. The van der Waals surface area contributed by atoms with Crippen molar-refractivity contribution in [1.29, 1.82) is 0 Å². The zero-order valence-corrected chi connectivity index (χ0v) is 17.9. The van der Waals surface area contributed by atoms with E-state index in [2.05, 4.69) is 25.9 Å². The van der Waals surface area contributed by atoms with Crippen molar-refractivity contribution in [3.63, 3.8) is 0 Å². The quantitative estimate of drug-likeness (QED) is 0.576. The number of thiazole rings is 1. The molecule has 0 amide bonds. The first-order chi connectivity index (χ1) is 15.0. The Hall–Kier alpha value is -1.97. The van der Waals surface area contributed by atoms with Crippen LogP contribution in [0.3, 0.4) is 0 Å². The molecule has 9 heteroatoms. The Morgan fingerprint density at radius 1 is 1.13 bits per heavy atom. The van der Waals surface area contributed by atoms with Gasteiger partial charge in [-0.3, -0.25) is 4.90 Å². The fraction of sp³-hybridized carbons (Fsp3) is 0.545. The molecule has 3 aromatic heterocycles. The SMILES string of the molecule is FC(F)(F)c1csc(-c2c[nH]c3ncc([C@H]4CC[C@@H](N5CCCOCC5)CC4)cc23)n1. The summed E-state index contributed by atoms with van der Waals surface area (Å²) in [5.41, 5.74) is 1.69. The number of H-pyrrole nitrogens is 1. The highest BCUT2D eigenvalue weighted by Crippen LogP contribution is 2.39. The lowest BCUT2D eigenvalue weighted by Crippen LogP contribution is -2.39. The normalized spacial score (nSPS) is 23.8. The maximum atomic E-state index is 13.0. The number of hydrogen-bond donors (Lipinski definition) is 1. The first-order valence-electron chi connectivity index (χ1n) is 10.8. The molecule has 31 heavy (non-hydrogen) atoms. The van der Waals surface area contributed by atoms with Crippen molar-refractivity contribution in [1.82, 2.24) is 19.9 Å². The summed E-state index contributed by atoms with van der Waals surface area (Å²) in [6.07, 6.45) is 4.81. The van der Waals surface area contributed by atoms with E-state index in [-0.39, 0.29) is 0 Å². The number of hydrogen-bond acceptors (Lipinski definition) is 5. The third kappa shape index (κ3) is 4.36. The minimum atomic E-state index is -4.43. The van der Waals surface area contributed by atoms with Crippen LogP contribution in [-0.2, 0) is 10.9 Å². The summed E-state index contributed by atoms with van der Waals surface area (Å²) in [5, 5.41) is 2.28. The standard InChI is InChI=1S/C22H25F3N4OS/c23-22(24,25)19-13-31-21(28-19)18-12-27-20-17(18)10-15(11-26-20)14-2-4-16(5-3-14)29-6-1-8-30-9-7-29/h10-14,16H,1-9H2,(H,26,27)/t14-,16+. The summed E-state index contributed by atoms with van der Waals surface area (Å²) in [6, 6.07) is 2.71. The number of alkyl halides is 3. The number of fused-ring (bicyclic) bond motifs is 1. The third-order valence-electron chi connectivity index (χ3n) is 6.52. The molecular formula is C22H25F3N4OS. The highest BCUT2D eigenvalue weighted by molar-refractivity contribution is 7.13. The maximum absolute atomic E-state index is 13.0. The van der Waals surface area contributed by atoms with Gasteiger partial charge in [0, 0.05) is 54.5 Å². The van der Waals surface area contributed by atoms with E-state index in [0.717, 1.165) is 80.5 Å². The van der Waals surface area contributed by atoms with E-state index in [0.29, 0.717) is 28.2 Å². The molecule has 0 unspecified atom stereocenters. The van der Waals surface area contributed by atoms with Gasteiger partial charge in [-0.2, -0.15) is 13.2 Å². The molecular weight excluding hydrogens is 425 g/mol. The predicted molar refractivity (Wildman–Crippen MR) is 114 cm³/mol. The number of pyridine rings is 1. The second kappa shape index (κ2) is 8.52. The molecule has 1 aliphatic carbocycles. The van der Waals surface area contributed by atoms with Gasteiger partial charge < -0.3 is 9.72 Å². The van der Waals surface area contributed by atoms with E-state index in [1.807, 2.05) is 6.20 Å². The zero-order valence-electron chi connectivity index (χ0n) is 17.1. The fourth-order valence-electron chi connectivity index (χ4n) is 4.85. The Labute approximate surface area is 182 Å². The van der Waals surface area contributed by atoms with Crippen LogP contribution in [-0.4, -0.2) is 52.2 Å². The van der Waals surface area contributed by atoms with Gasteiger partial charge >= 0.3 is 6.18 Å². The Balaban J connectivity index is 1.33. The van der Waals surface area contributed by atoms with Crippen molar-refractivity contribution in [2.45, 2.75) is 50.2 Å². The predicted octanol–water partition coefficient (Wildman–Crippen LogP) is 5.45. The highest BCUT2D eigenvalue weighted by Gasteiger charge is 2.34. The molecule has 3 aromatic rings. The van der Waals surface area contributed by atoms with Crippen LogP contribution in [0.2, 0.25) is 0 Å². The number of nitrogens with zero attached hydrogens (tertiary/aromatic N) is 3. The van der Waals surface area contributed by atoms with Crippen LogP contribution in [0, 0.1) is 0 Å². The first-order valence-corrected chi connectivity index (χ1v) is 11.7. The summed E-state index contributed by atoms with van der Waals surface area (Å²) in [6.45, 7) is 3.82. The average Bonchev–Trinajstić information content (AvgIpc) is 3.33. The molecule has 1 aliphatic heterocycles. The molecule has 1 N–H and O–H groups in total. The van der Waals surface area contributed by atoms with Gasteiger partial charge in [0.05, 0.1) is 6.61 Å². The molecule has 1 saturated carbocycles. The zero-order chi connectivity index (χ0) is 21.4. The molecule has 0 aromatic carbocycles. The van der Waals surface area contributed by atoms with E-state index in [9.17, 15) is 13.2 Å². The Morgan fingerprint density at radius 3 is 2.74 bits per heavy atom. The molecule has 4 heterocycles. The molecule has 2 aliphatic rings. The summed E-state index contributed by atoms with van der Waals surface area (Å²) in [4.78, 5) is 14.0. The van der Waals surface area contributed by atoms with Gasteiger partial charge in [-0.15, -0.1) is 11.3 Å². The lowest BCUT2D eigenvalue weighted by atomic mass is 9.81. The highest BCUT2D eigenvalue weighted by atomic mass is 32.1. The average molecular weight is 451 g/mol. The van der Waals surface area contributed by atoms with Crippen LogP contribution in [0.1, 0.15) is 49.3 Å². The number of rotatable bonds is 3. The second-order valence-electron chi connectivity index (χ2n) is 8.41. The summed E-state index contributed by atoms with van der Waals surface area (Å²) >= 11 is 1.01. The topological polar surface area (TPSA) is 54.0 Å². The van der Waals surface area contributed by atoms with Gasteiger partial charge in [-0.1, -0.05) is 0 Å². The number of ether oxygens (including phenoxy) is 1. The lowest BCUT2D eigenvalue weighted by molar-refractivity contribution is -0.140. The van der Waals surface area contributed by atoms with Crippen LogP contribution in [0.15, 0.2) is 23.8 Å². The number of aromatic amines is 1. The van der Waals surface area contributed by atoms with Gasteiger partial charge in [0.25, 0.3) is 0 Å². The van der Waals surface area contributed by atoms with Gasteiger partial charge in [0.1, 0.15) is 10.7 Å². The Morgan fingerprint density at radius 2 is 1.97 bits per heavy atom. The van der Waals surface area contributed by atoms with Crippen molar-refractivity contribution < 1.29 is 17.9 Å². The Bertz CT molecular complexity index is 1030. The van der Waals surface area contributed by atoms with Gasteiger partial charge in [0.15, 0.2) is 5.69 Å². The van der Waals surface area contributed by atoms with Crippen molar-refractivity contribution in [2.75, 3.05) is 26.3 Å². The van der Waals surface area contributed by atoms with Crippen molar-refractivity contribution >= 4 is 22.4 Å². The molecule has 2 fully saturated rings. The van der Waals surface area contributed by atoms with Crippen molar-refractivity contribution in [3.05, 3.63) is 35.1 Å². The first kappa shape index (κ1) is 20.9. The van der Waals surface area contributed by atoms with Gasteiger partial charge in [-0.05, 0) is 49.7 Å². The van der Waals surface area contributed by atoms with Crippen LogP contribution in [0.4, 0.5) is 13.2 Å². The third-order valence-corrected chi connectivity index (χ3v) is 7.39. The van der Waals surface area contributed by atoms with Crippen molar-refractivity contribution in [2.24, 2.45) is 0 Å². The van der Waals surface area contributed by atoms with Gasteiger partial charge in [0.2, 0.25) is 0 Å². The minimum absolute atomic E-state index is 0.365. The largest absolute Gasteiger partial charge is 0.434 e. The lowest BCUT2D eigenvalue weighted by Gasteiger charge is -2.36. The molecule has 0 bridgehead atoms. The number of aromatic nitrogens is 3. The van der Waals surface area contributed by atoms with Crippen LogP contribution in [0.25, 0.3) is 21.6 Å². The number of nitrogens with one attached hydrogen (secondary N) is 1. The molecule has 5 rings (SSSR count). The second-order valence-corrected chi connectivity index (χ2v) is 9.27. The van der Waals surface area contributed by atoms with E-state index in [4.69, 9.17) is 4.74 Å². The number of halogens is 3. The fourth-order valence-corrected chi connectivity index (χ4v) is 5.71. The monoisotopic (exact) mass is 450 g/mol. The Kier molecular flexibility index (Phi) is 5.75. The summed E-state index contributed by atoms with van der Waals surface area (Å²) in [5.74, 6) is 0.432. The minimum Gasteiger partial charge on any atom is -0.380 e. The molecule has 0 spiro atoms. The van der Waals surface area contributed by atoms with Gasteiger partial charge in [-0.25, -0.2) is 9.97 Å². The molecule has 1 saturated heterocycles. The van der Waals surface area contributed by atoms with Crippen LogP contribution >= 0.6 is 11.3 Å². The van der Waals surface area contributed by atoms with E-state index in [1.54, 1.807) is 6.20 Å². The molecule has 166 valence electrons. The summed E-state index contributed by atoms with van der Waals surface area (Å²) in [7, 11) is 0. The molecule has 0 atom stereocenters. The van der Waals surface area contributed by atoms with E-state index >= 15 is 0 Å².